The number of halogens is 1. The Morgan fingerprint density at radius 2 is 1.84 bits per heavy atom. The first-order chi connectivity index (χ1) is 14.8. The van der Waals surface area contributed by atoms with E-state index in [4.69, 9.17) is 22.1 Å². The van der Waals surface area contributed by atoms with Gasteiger partial charge < -0.3 is 10.5 Å². The van der Waals surface area contributed by atoms with Gasteiger partial charge in [0.15, 0.2) is 5.78 Å². The highest BCUT2D eigenvalue weighted by Gasteiger charge is 2.45. The van der Waals surface area contributed by atoms with Gasteiger partial charge in [0, 0.05) is 28.4 Å². The zero-order valence-electron chi connectivity index (χ0n) is 17.8. The number of carbonyl (C=O) groups excluding carboxylic acids is 1. The highest BCUT2D eigenvalue weighted by atomic mass is 35.5. The first kappa shape index (κ1) is 21.0. The van der Waals surface area contributed by atoms with E-state index in [1.54, 1.807) is 13.2 Å². The molecular weight excluding hydrogens is 410 g/mol. The van der Waals surface area contributed by atoms with Crippen LogP contribution in [0.3, 0.4) is 0 Å². The van der Waals surface area contributed by atoms with E-state index < -0.39 is 5.92 Å². The Morgan fingerprint density at radius 1 is 1.16 bits per heavy atom. The van der Waals surface area contributed by atoms with Gasteiger partial charge >= 0.3 is 0 Å². The van der Waals surface area contributed by atoms with Crippen molar-refractivity contribution in [2.45, 2.75) is 32.6 Å². The number of methoxy groups -OCH3 is 1. The molecule has 4 rings (SSSR count). The minimum atomic E-state index is -0.577. The predicted octanol–water partition coefficient (Wildman–Crippen LogP) is 5.29. The molecule has 0 unspecified atom stereocenters. The van der Waals surface area contributed by atoms with Crippen LogP contribution >= 0.6 is 11.6 Å². The molecule has 1 atom stereocenters. The molecule has 1 heterocycles. The van der Waals surface area contributed by atoms with Crippen LogP contribution in [0.15, 0.2) is 71.2 Å². The maximum atomic E-state index is 13.5. The van der Waals surface area contributed by atoms with Gasteiger partial charge in [0.05, 0.1) is 24.7 Å². The van der Waals surface area contributed by atoms with Gasteiger partial charge in [-0.05, 0) is 47.7 Å². The number of rotatable bonds is 3. The van der Waals surface area contributed by atoms with Crippen molar-refractivity contribution in [3.63, 3.8) is 0 Å². The monoisotopic (exact) mass is 433 g/mol. The molecule has 0 radical (unpaired) electrons. The number of allylic oxidation sites excluding steroid dienone is 3. The lowest BCUT2D eigenvalue weighted by Gasteiger charge is -2.43. The molecule has 31 heavy (non-hydrogen) atoms. The van der Waals surface area contributed by atoms with Gasteiger partial charge in [-0.1, -0.05) is 43.6 Å². The normalized spacial score (nSPS) is 20.4. The maximum Gasteiger partial charge on any atom is 0.162 e. The van der Waals surface area contributed by atoms with Crippen LogP contribution in [0.25, 0.3) is 0 Å². The van der Waals surface area contributed by atoms with E-state index in [1.807, 2.05) is 47.4 Å². The Kier molecular flexibility index (Phi) is 5.28. The van der Waals surface area contributed by atoms with Gasteiger partial charge in [0.25, 0.3) is 0 Å². The fourth-order valence-electron chi connectivity index (χ4n) is 4.56. The number of hydrogen-bond acceptors (Lipinski definition) is 5. The van der Waals surface area contributed by atoms with Gasteiger partial charge in [-0.15, -0.1) is 0 Å². The number of Topliss-reactive ketones (excluding diaryl/α,β-unsaturated/α-hetero) is 1. The third-order valence-corrected chi connectivity index (χ3v) is 6.27. The number of benzene rings is 2. The molecule has 2 aromatic carbocycles. The van der Waals surface area contributed by atoms with Gasteiger partial charge in [-0.2, -0.15) is 5.26 Å². The molecule has 0 saturated carbocycles. The summed E-state index contributed by atoms with van der Waals surface area (Å²) < 4.78 is 5.28. The van der Waals surface area contributed by atoms with Crippen LogP contribution in [0.1, 0.15) is 38.2 Å². The fourth-order valence-corrected chi connectivity index (χ4v) is 4.80. The molecule has 0 amide bonds. The number of nitrogens with two attached hydrogens (primary N) is 1. The van der Waals surface area contributed by atoms with Crippen molar-refractivity contribution in [2.75, 3.05) is 12.0 Å². The lowest BCUT2D eigenvalue weighted by molar-refractivity contribution is -0.118. The molecule has 6 heteroatoms. The zero-order valence-corrected chi connectivity index (χ0v) is 18.5. The maximum absolute atomic E-state index is 13.5. The molecule has 1 aliphatic heterocycles. The highest BCUT2D eigenvalue weighted by molar-refractivity contribution is 6.31. The van der Waals surface area contributed by atoms with Crippen molar-refractivity contribution in [3.05, 3.63) is 81.8 Å². The zero-order chi connectivity index (χ0) is 22.3. The molecule has 0 spiro atoms. The fraction of sp³-hybridized carbons (Fsp3) is 0.280. The summed E-state index contributed by atoms with van der Waals surface area (Å²) >= 11 is 6.52. The number of ether oxygens (including phenoxy) is 1. The summed E-state index contributed by atoms with van der Waals surface area (Å²) in [6.07, 6.45) is 1.06. The van der Waals surface area contributed by atoms with E-state index in [9.17, 15) is 10.1 Å². The smallest absolute Gasteiger partial charge is 0.162 e. The lowest BCUT2D eigenvalue weighted by atomic mass is 9.68. The lowest BCUT2D eigenvalue weighted by Crippen LogP contribution is -2.42. The van der Waals surface area contributed by atoms with Gasteiger partial charge in [-0.25, -0.2) is 0 Å². The molecular formula is C25H24ClN3O2. The summed E-state index contributed by atoms with van der Waals surface area (Å²) in [7, 11) is 1.61. The van der Waals surface area contributed by atoms with Crippen molar-refractivity contribution in [1.82, 2.24) is 0 Å². The number of nitriles is 1. The van der Waals surface area contributed by atoms with Crippen LogP contribution in [-0.4, -0.2) is 12.9 Å². The molecule has 2 N–H and O–H groups in total. The molecule has 0 saturated heterocycles. The SMILES string of the molecule is COc1ccc(N2C(N)=C(C#N)[C@@H](c3ccccc3Cl)C3=C2CC(C)(C)CC3=O)cc1. The van der Waals surface area contributed by atoms with Crippen molar-refractivity contribution in [3.8, 4) is 11.8 Å². The molecule has 2 aliphatic rings. The average molecular weight is 434 g/mol. The quantitative estimate of drug-likeness (QED) is 0.711. The molecule has 158 valence electrons. The Morgan fingerprint density at radius 3 is 2.45 bits per heavy atom. The van der Waals surface area contributed by atoms with Crippen LogP contribution in [0.5, 0.6) is 5.75 Å². The van der Waals surface area contributed by atoms with E-state index in [0.29, 0.717) is 40.6 Å². The summed E-state index contributed by atoms with van der Waals surface area (Å²) in [5.74, 6) is 0.482. The predicted molar refractivity (Wildman–Crippen MR) is 122 cm³/mol. The summed E-state index contributed by atoms with van der Waals surface area (Å²) in [4.78, 5) is 15.3. The summed E-state index contributed by atoms with van der Waals surface area (Å²) in [5.41, 5.74) is 9.65. The standard InChI is InChI=1S/C25H24ClN3O2/c1-25(2)12-20-23(21(30)13-25)22(17-6-4-5-7-19(17)26)18(14-27)24(28)29(20)15-8-10-16(31-3)11-9-15/h4-11,22H,12-13,28H2,1-3H3/t22-/m1/s1. The number of anilines is 1. The third kappa shape index (κ3) is 3.58. The number of carbonyl (C=O) groups is 1. The second kappa shape index (κ2) is 7.79. The second-order valence-corrected chi connectivity index (χ2v) is 9.11. The minimum Gasteiger partial charge on any atom is -0.497 e. The Hall–Kier alpha value is -3.23. The molecule has 0 bridgehead atoms. The van der Waals surface area contributed by atoms with E-state index in [2.05, 4.69) is 19.9 Å². The molecule has 1 aliphatic carbocycles. The Labute approximate surface area is 187 Å². The van der Waals surface area contributed by atoms with E-state index in [1.165, 1.54) is 0 Å². The second-order valence-electron chi connectivity index (χ2n) is 8.70. The average Bonchev–Trinajstić information content (AvgIpc) is 2.73. The van der Waals surface area contributed by atoms with Crippen molar-refractivity contribution >= 4 is 23.1 Å². The number of nitrogens with zero attached hydrogens (tertiary/aromatic N) is 2. The van der Waals surface area contributed by atoms with Crippen LogP contribution < -0.4 is 15.4 Å². The van der Waals surface area contributed by atoms with Crippen LogP contribution in [0.2, 0.25) is 5.02 Å². The molecule has 2 aromatic rings. The van der Waals surface area contributed by atoms with E-state index in [-0.39, 0.29) is 11.2 Å². The summed E-state index contributed by atoms with van der Waals surface area (Å²) in [6, 6.07) is 17.0. The van der Waals surface area contributed by atoms with Gasteiger partial charge in [0.2, 0.25) is 0 Å². The molecule has 0 aromatic heterocycles. The Balaban J connectivity index is 1.99. The number of ketones is 1. The van der Waals surface area contributed by atoms with E-state index >= 15 is 0 Å². The van der Waals surface area contributed by atoms with Gasteiger partial charge in [-0.3, -0.25) is 9.69 Å². The molecule has 5 nitrogen and oxygen atoms in total. The number of hydrogen-bond donors (Lipinski definition) is 1. The first-order valence-electron chi connectivity index (χ1n) is 10.1. The third-order valence-electron chi connectivity index (χ3n) is 5.93. The minimum absolute atomic E-state index is 0.0231. The van der Waals surface area contributed by atoms with Crippen molar-refractivity contribution < 1.29 is 9.53 Å². The summed E-state index contributed by atoms with van der Waals surface area (Å²) in [6.45, 7) is 4.15. The van der Waals surface area contributed by atoms with Crippen molar-refractivity contribution in [2.24, 2.45) is 11.1 Å². The largest absolute Gasteiger partial charge is 0.497 e. The van der Waals surface area contributed by atoms with Crippen LogP contribution in [0, 0.1) is 16.7 Å². The topological polar surface area (TPSA) is 79.3 Å². The van der Waals surface area contributed by atoms with Crippen molar-refractivity contribution in [1.29, 1.82) is 5.26 Å². The highest BCUT2D eigenvalue weighted by Crippen LogP contribution is 2.51. The van der Waals surface area contributed by atoms with Crippen LogP contribution in [-0.2, 0) is 4.79 Å². The first-order valence-corrected chi connectivity index (χ1v) is 10.5. The summed E-state index contributed by atoms with van der Waals surface area (Å²) in [5, 5.41) is 10.6. The van der Waals surface area contributed by atoms with E-state index in [0.717, 1.165) is 16.9 Å². The Bertz CT molecular complexity index is 1160. The van der Waals surface area contributed by atoms with Gasteiger partial charge in [0.1, 0.15) is 11.6 Å². The van der Waals surface area contributed by atoms with Crippen LogP contribution in [0.4, 0.5) is 5.69 Å². The molecule has 0 fully saturated rings.